The SMILES string of the molecule is NC1(c2ccc3c(c2)OCCO3)Cc2ccccc2C1. The van der Waals surface area contributed by atoms with Crippen molar-refractivity contribution in [3.63, 3.8) is 0 Å². The van der Waals surface area contributed by atoms with Crippen LogP contribution in [0.25, 0.3) is 0 Å². The second-order valence-corrected chi connectivity index (χ2v) is 5.64. The van der Waals surface area contributed by atoms with Crippen molar-refractivity contribution in [2.75, 3.05) is 13.2 Å². The Balaban J connectivity index is 1.72. The lowest BCUT2D eigenvalue weighted by Gasteiger charge is -2.27. The molecule has 2 aromatic rings. The molecule has 0 amide bonds. The zero-order chi connectivity index (χ0) is 13.6. The van der Waals surface area contributed by atoms with Gasteiger partial charge in [0.05, 0.1) is 0 Å². The number of benzene rings is 2. The number of nitrogens with two attached hydrogens (primary N) is 1. The van der Waals surface area contributed by atoms with Gasteiger partial charge < -0.3 is 15.2 Å². The number of rotatable bonds is 1. The normalized spacial score (nSPS) is 18.6. The zero-order valence-electron chi connectivity index (χ0n) is 11.3. The first kappa shape index (κ1) is 11.8. The van der Waals surface area contributed by atoms with E-state index in [1.165, 1.54) is 11.1 Å². The topological polar surface area (TPSA) is 44.5 Å². The van der Waals surface area contributed by atoms with Gasteiger partial charge in [0.25, 0.3) is 0 Å². The monoisotopic (exact) mass is 267 g/mol. The largest absolute Gasteiger partial charge is 0.486 e. The van der Waals surface area contributed by atoms with E-state index in [1.54, 1.807) is 0 Å². The van der Waals surface area contributed by atoms with Gasteiger partial charge in [-0.3, -0.25) is 0 Å². The van der Waals surface area contributed by atoms with Gasteiger partial charge in [-0.15, -0.1) is 0 Å². The van der Waals surface area contributed by atoms with Gasteiger partial charge in [-0.05, 0) is 41.7 Å². The van der Waals surface area contributed by atoms with Crippen molar-refractivity contribution in [3.05, 3.63) is 59.2 Å². The van der Waals surface area contributed by atoms with Crippen molar-refractivity contribution in [1.29, 1.82) is 0 Å². The Morgan fingerprint density at radius 2 is 1.50 bits per heavy atom. The molecule has 0 unspecified atom stereocenters. The first-order chi connectivity index (χ1) is 9.74. The minimum Gasteiger partial charge on any atom is -0.486 e. The van der Waals surface area contributed by atoms with Crippen LogP contribution in [-0.4, -0.2) is 13.2 Å². The van der Waals surface area contributed by atoms with E-state index in [-0.39, 0.29) is 5.54 Å². The lowest BCUT2D eigenvalue weighted by atomic mass is 9.88. The van der Waals surface area contributed by atoms with Crippen LogP contribution in [0.5, 0.6) is 11.5 Å². The van der Waals surface area contributed by atoms with E-state index < -0.39 is 0 Å². The molecule has 0 spiro atoms. The third-order valence-corrected chi connectivity index (χ3v) is 4.25. The molecule has 4 rings (SSSR count). The average Bonchev–Trinajstić information content (AvgIpc) is 2.84. The lowest BCUT2D eigenvalue weighted by molar-refractivity contribution is 0.171. The Morgan fingerprint density at radius 1 is 0.850 bits per heavy atom. The molecule has 0 fully saturated rings. The van der Waals surface area contributed by atoms with Crippen molar-refractivity contribution >= 4 is 0 Å². The molecule has 0 atom stereocenters. The van der Waals surface area contributed by atoms with Crippen LogP contribution in [0.15, 0.2) is 42.5 Å². The third-order valence-electron chi connectivity index (χ3n) is 4.25. The Bertz CT molecular complexity index is 641. The first-order valence-corrected chi connectivity index (χ1v) is 7.00. The Labute approximate surface area is 118 Å². The van der Waals surface area contributed by atoms with Crippen molar-refractivity contribution in [1.82, 2.24) is 0 Å². The van der Waals surface area contributed by atoms with E-state index in [2.05, 4.69) is 30.3 Å². The minimum absolute atomic E-state index is 0.334. The molecular formula is C17H17NO2. The number of hydrogen-bond acceptors (Lipinski definition) is 3. The van der Waals surface area contributed by atoms with E-state index in [0.29, 0.717) is 13.2 Å². The van der Waals surface area contributed by atoms with Crippen LogP contribution in [0.2, 0.25) is 0 Å². The molecule has 2 aromatic carbocycles. The van der Waals surface area contributed by atoms with E-state index >= 15 is 0 Å². The molecule has 0 saturated carbocycles. The highest BCUT2D eigenvalue weighted by Gasteiger charge is 2.35. The van der Waals surface area contributed by atoms with Crippen LogP contribution < -0.4 is 15.2 Å². The zero-order valence-corrected chi connectivity index (χ0v) is 11.3. The maximum absolute atomic E-state index is 6.67. The van der Waals surface area contributed by atoms with Gasteiger partial charge in [-0.2, -0.15) is 0 Å². The minimum atomic E-state index is -0.334. The summed E-state index contributed by atoms with van der Waals surface area (Å²) in [5.74, 6) is 1.63. The quantitative estimate of drug-likeness (QED) is 0.863. The molecule has 2 N–H and O–H groups in total. The van der Waals surface area contributed by atoms with Gasteiger partial charge >= 0.3 is 0 Å². The van der Waals surface area contributed by atoms with Gasteiger partial charge in [-0.1, -0.05) is 30.3 Å². The van der Waals surface area contributed by atoms with Gasteiger partial charge in [0, 0.05) is 5.54 Å². The summed E-state index contributed by atoms with van der Waals surface area (Å²) in [4.78, 5) is 0. The summed E-state index contributed by atoms with van der Waals surface area (Å²) >= 11 is 0. The molecule has 20 heavy (non-hydrogen) atoms. The highest BCUT2D eigenvalue weighted by atomic mass is 16.6. The van der Waals surface area contributed by atoms with Crippen LogP contribution in [0.3, 0.4) is 0 Å². The van der Waals surface area contributed by atoms with E-state index in [0.717, 1.165) is 29.9 Å². The van der Waals surface area contributed by atoms with Crippen LogP contribution >= 0.6 is 0 Å². The second kappa shape index (κ2) is 4.25. The lowest BCUT2D eigenvalue weighted by Crippen LogP contribution is -2.37. The molecule has 0 aromatic heterocycles. The molecule has 1 aliphatic heterocycles. The van der Waals surface area contributed by atoms with Crippen molar-refractivity contribution in [2.45, 2.75) is 18.4 Å². The van der Waals surface area contributed by atoms with Crippen molar-refractivity contribution in [2.24, 2.45) is 5.73 Å². The summed E-state index contributed by atoms with van der Waals surface area (Å²) in [5.41, 5.74) is 10.2. The summed E-state index contributed by atoms with van der Waals surface area (Å²) < 4.78 is 11.2. The van der Waals surface area contributed by atoms with Gasteiger partial charge in [0.15, 0.2) is 11.5 Å². The Hall–Kier alpha value is -2.00. The standard InChI is InChI=1S/C17H17NO2/c18-17(10-12-3-1-2-4-13(12)11-17)14-5-6-15-16(9-14)20-8-7-19-15/h1-6,9H,7-8,10-11,18H2. The van der Waals surface area contributed by atoms with Crippen LogP contribution in [0, 0.1) is 0 Å². The highest BCUT2D eigenvalue weighted by molar-refractivity contribution is 5.48. The summed E-state index contributed by atoms with van der Waals surface area (Å²) in [6.45, 7) is 1.22. The molecule has 0 radical (unpaired) electrons. The molecule has 0 bridgehead atoms. The molecule has 3 heteroatoms. The van der Waals surface area contributed by atoms with E-state index in [1.807, 2.05) is 12.1 Å². The summed E-state index contributed by atoms with van der Waals surface area (Å²) in [6.07, 6.45) is 1.76. The molecular weight excluding hydrogens is 250 g/mol. The third kappa shape index (κ3) is 1.78. The average molecular weight is 267 g/mol. The molecule has 2 aliphatic rings. The molecule has 1 heterocycles. The predicted molar refractivity (Wildman–Crippen MR) is 77.1 cm³/mol. The van der Waals surface area contributed by atoms with Crippen molar-refractivity contribution < 1.29 is 9.47 Å². The van der Waals surface area contributed by atoms with Crippen molar-refractivity contribution in [3.8, 4) is 11.5 Å². The summed E-state index contributed by atoms with van der Waals surface area (Å²) in [7, 11) is 0. The van der Waals surface area contributed by atoms with Crippen LogP contribution in [0.1, 0.15) is 16.7 Å². The van der Waals surface area contributed by atoms with Crippen LogP contribution in [0.4, 0.5) is 0 Å². The summed E-state index contributed by atoms with van der Waals surface area (Å²) in [6, 6.07) is 14.6. The van der Waals surface area contributed by atoms with Crippen LogP contribution in [-0.2, 0) is 18.4 Å². The Morgan fingerprint density at radius 3 is 2.20 bits per heavy atom. The predicted octanol–water partition coefficient (Wildman–Crippen LogP) is 2.41. The number of ether oxygens (including phenoxy) is 2. The first-order valence-electron chi connectivity index (χ1n) is 7.00. The van der Waals surface area contributed by atoms with Gasteiger partial charge in [0.2, 0.25) is 0 Å². The maximum atomic E-state index is 6.67. The molecule has 102 valence electrons. The smallest absolute Gasteiger partial charge is 0.161 e. The van der Waals surface area contributed by atoms with E-state index in [4.69, 9.17) is 15.2 Å². The number of hydrogen-bond donors (Lipinski definition) is 1. The fourth-order valence-corrected chi connectivity index (χ4v) is 3.20. The van der Waals surface area contributed by atoms with Gasteiger partial charge in [0.1, 0.15) is 13.2 Å². The number of fused-ring (bicyclic) bond motifs is 2. The Kier molecular flexibility index (Phi) is 2.51. The fraction of sp³-hybridized carbons (Fsp3) is 0.294. The molecule has 0 saturated heterocycles. The summed E-state index contributed by atoms with van der Waals surface area (Å²) in [5, 5.41) is 0. The second-order valence-electron chi connectivity index (χ2n) is 5.64. The maximum Gasteiger partial charge on any atom is 0.161 e. The highest BCUT2D eigenvalue weighted by Crippen LogP contribution is 2.39. The molecule has 3 nitrogen and oxygen atoms in total. The fourth-order valence-electron chi connectivity index (χ4n) is 3.20. The van der Waals surface area contributed by atoms with Gasteiger partial charge in [-0.25, -0.2) is 0 Å². The van der Waals surface area contributed by atoms with E-state index in [9.17, 15) is 0 Å². The molecule has 1 aliphatic carbocycles.